The highest BCUT2D eigenvalue weighted by molar-refractivity contribution is 7.21. The number of carbonyl (C=O) groups is 1. The molecule has 2 aromatic carbocycles. The highest BCUT2D eigenvalue weighted by Crippen LogP contribution is 2.33. The van der Waals surface area contributed by atoms with Gasteiger partial charge in [0.1, 0.15) is 18.5 Å². The Hall–Kier alpha value is -3.06. The van der Waals surface area contributed by atoms with Gasteiger partial charge in [-0.3, -0.25) is 4.79 Å². The fourth-order valence-corrected chi connectivity index (χ4v) is 3.81. The Morgan fingerprint density at radius 1 is 1.20 bits per heavy atom. The number of halogens is 1. The SMILES string of the molecule is Cc1c(C(=O)Nc2ccc(-n3cncn3)cc2)sc2cccc(F)c12. The minimum atomic E-state index is -0.303. The molecule has 0 atom stereocenters. The van der Waals surface area contributed by atoms with Crippen LogP contribution in [0, 0.1) is 12.7 Å². The molecule has 0 bridgehead atoms. The lowest BCUT2D eigenvalue weighted by atomic mass is 10.1. The van der Waals surface area contributed by atoms with E-state index >= 15 is 0 Å². The van der Waals surface area contributed by atoms with Crippen LogP contribution < -0.4 is 5.32 Å². The minimum absolute atomic E-state index is 0.244. The molecule has 0 aliphatic carbocycles. The molecule has 4 rings (SSSR count). The summed E-state index contributed by atoms with van der Waals surface area (Å²) in [6.45, 7) is 1.77. The smallest absolute Gasteiger partial charge is 0.266 e. The normalized spacial score (nSPS) is 11.0. The van der Waals surface area contributed by atoms with Crippen LogP contribution in [0.25, 0.3) is 15.8 Å². The predicted octanol–water partition coefficient (Wildman–Crippen LogP) is 4.18. The summed E-state index contributed by atoms with van der Waals surface area (Å²) in [5, 5.41) is 7.42. The van der Waals surface area contributed by atoms with E-state index in [-0.39, 0.29) is 11.7 Å². The Morgan fingerprint density at radius 3 is 2.68 bits per heavy atom. The van der Waals surface area contributed by atoms with Gasteiger partial charge < -0.3 is 5.32 Å². The van der Waals surface area contributed by atoms with Gasteiger partial charge in [0.2, 0.25) is 0 Å². The van der Waals surface area contributed by atoms with Crippen LogP contribution in [0.15, 0.2) is 55.1 Å². The minimum Gasteiger partial charge on any atom is -0.321 e. The zero-order valence-corrected chi connectivity index (χ0v) is 14.0. The monoisotopic (exact) mass is 352 g/mol. The van der Waals surface area contributed by atoms with E-state index in [0.717, 1.165) is 10.4 Å². The number of amides is 1. The molecule has 0 saturated carbocycles. The summed E-state index contributed by atoms with van der Waals surface area (Å²) in [5.41, 5.74) is 2.16. The first-order valence-corrected chi connectivity index (χ1v) is 8.39. The lowest BCUT2D eigenvalue weighted by molar-refractivity contribution is 0.103. The van der Waals surface area contributed by atoms with Crippen LogP contribution in [0.2, 0.25) is 0 Å². The Bertz CT molecular complexity index is 1050. The summed E-state index contributed by atoms with van der Waals surface area (Å²) in [5.74, 6) is -0.547. The standard InChI is InChI=1S/C18H13FN4OS/c1-11-16-14(19)3-2-4-15(16)25-17(11)18(24)22-12-5-7-13(8-6-12)23-10-20-9-21-23/h2-10H,1H3,(H,22,24). The summed E-state index contributed by atoms with van der Waals surface area (Å²) >= 11 is 1.29. The fourth-order valence-electron chi connectivity index (χ4n) is 2.70. The summed E-state index contributed by atoms with van der Waals surface area (Å²) in [6, 6.07) is 12.1. The third-order valence-corrected chi connectivity index (χ3v) is 5.17. The van der Waals surface area contributed by atoms with Gasteiger partial charge in [0.15, 0.2) is 0 Å². The van der Waals surface area contributed by atoms with Crippen LogP contribution in [0.4, 0.5) is 10.1 Å². The van der Waals surface area contributed by atoms with E-state index in [2.05, 4.69) is 15.4 Å². The van der Waals surface area contributed by atoms with Crippen molar-refractivity contribution < 1.29 is 9.18 Å². The Morgan fingerprint density at radius 2 is 2.00 bits per heavy atom. The quantitative estimate of drug-likeness (QED) is 0.602. The number of hydrogen-bond donors (Lipinski definition) is 1. The van der Waals surface area contributed by atoms with Gasteiger partial charge in [-0.1, -0.05) is 6.07 Å². The van der Waals surface area contributed by atoms with E-state index in [0.29, 0.717) is 21.5 Å². The van der Waals surface area contributed by atoms with Crippen LogP contribution in [0.1, 0.15) is 15.2 Å². The Balaban J connectivity index is 1.60. The lowest BCUT2D eigenvalue weighted by Crippen LogP contribution is -2.11. The second-order valence-electron chi connectivity index (χ2n) is 5.51. The van der Waals surface area contributed by atoms with E-state index in [4.69, 9.17) is 0 Å². The van der Waals surface area contributed by atoms with Gasteiger partial charge in [-0.05, 0) is 48.9 Å². The van der Waals surface area contributed by atoms with Crippen molar-refractivity contribution in [2.24, 2.45) is 0 Å². The third-order valence-electron chi connectivity index (χ3n) is 3.92. The van der Waals surface area contributed by atoms with Gasteiger partial charge in [0, 0.05) is 15.8 Å². The lowest BCUT2D eigenvalue weighted by Gasteiger charge is -2.06. The highest BCUT2D eigenvalue weighted by atomic mass is 32.1. The molecule has 0 aliphatic rings. The van der Waals surface area contributed by atoms with E-state index in [1.54, 1.807) is 36.1 Å². The number of aromatic nitrogens is 3. The topological polar surface area (TPSA) is 59.8 Å². The second kappa shape index (κ2) is 6.10. The fraction of sp³-hybridized carbons (Fsp3) is 0.0556. The van der Waals surface area contributed by atoms with E-state index in [9.17, 15) is 9.18 Å². The van der Waals surface area contributed by atoms with E-state index < -0.39 is 0 Å². The van der Waals surface area contributed by atoms with E-state index in [1.165, 1.54) is 23.7 Å². The molecule has 4 aromatic rings. The first-order valence-electron chi connectivity index (χ1n) is 7.57. The molecule has 1 N–H and O–H groups in total. The Labute approximate surface area is 146 Å². The van der Waals surface area contributed by atoms with Crippen molar-refractivity contribution in [1.29, 1.82) is 0 Å². The van der Waals surface area contributed by atoms with Crippen molar-refractivity contribution in [3.63, 3.8) is 0 Å². The molecule has 0 unspecified atom stereocenters. The number of nitrogens with zero attached hydrogens (tertiary/aromatic N) is 3. The number of nitrogens with one attached hydrogen (secondary N) is 1. The molecule has 0 aliphatic heterocycles. The largest absolute Gasteiger partial charge is 0.321 e. The van der Waals surface area contributed by atoms with Crippen LogP contribution in [-0.4, -0.2) is 20.7 Å². The van der Waals surface area contributed by atoms with Crippen molar-refractivity contribution in [2.75, 3.05) is 5.32 Å². The van der Waals surface area contributed by atoms with Crippen molar-refractivity contribution in [3.05, 3.63) is 71.4 Å². The zero-order valence-electron chi connectivity index (χ0n) is 13.2. The molecule has 0 spiro atoms. The highest BCUT2D eigenvalue weighted by Gasteiger charge is 2.17. The van der Waals surface area contributed by atoms with E-state index in [1.807, 2.05) is 18.2 Å². The molecule has 2 heterocycles. The maximum atomic E-state index is 14.0. The van der Waals surface area contributed by atoms with Crippen molar-refractivity contribution in [1.82, 2.24) is 14.8 Å². The number of fused-ring (bicyclic) bond motifs is 1. The van der Waals surface area contributed by atoms with Crippen molar-refractivity contribution >= 4 is 33.0 Å². The molecule has 0 fully saturated rings. The van der Waals surface area contributed by atoms with Crippen LogP contribution in [-0.2, 0) is 0 Å². The molecule has 1 amide bonds. The number of carbonyl (C=O) groups excluding carboxylic acids is 1. The third kappa shape index (κ3) is 2.78. The first-order chi connectivity index (χ1) is 12.1. The van der Waals surface area contributed by atoms with Crippen LogP contribution in [0.5, 0.6) is 0 Å². The van der Waals surface area contributed by atoms with Crippen molar-refractivity contribution in [3.8, 4) is 5.69 Å². The maximum Gasteiger partial charge on any atom is 0.266 e. The van der Waals surface area contributed by atoms with Gasteiger partial charge in [-0.25, -0.2) is 14.1 Å². The number of anilines is 1. The molecule has 0 saturated heterocycles. The summed E-state index contributed by atoms with van der Waals surface area (Å²) < 4.78 is 16.4. The number of hydrogen-bond acceptors (Lipinski definition) is 4. The van der Waals surface area contributed by atoms with Gasteiger partial charge >= 0.3 is 0 Å². The second-order valence-corrected chi connectivity index (χ2v) is 6.56. The zero-order chi connectivity index (χ0) is 17.4. The predicted molar refractivity (Wildman–Crippen MR) is 95.8 cm³/mol. The van der Waals surface area contributed by atoms with Gasteiger partial charge in [-0.15, -0.1) is 11.3 Å². The molecular formula is C18H13FN4OS. The molecule has 0 radical (unpaired) electrons. The molecular weight excluding hydrogens is 339 g/mol. The number of benzene rings is 2. The van der Waals surface area contributed by atoms with Gasteiger partial charge in [-0.2, -0.15) is 5.10 Å². The number of thiophene rings is 1. The summed E-state index contributed by atoms with van der Waals surface area (Å²) in [7, 11) is 0. The average Bonchev–Trinajstić information content (AvgIpc) is 3.25. The number of aryl methyl sites for hydroxylation is 1. The molecule has 25 heavy (non-hydrogen) atoms. The molecule has 5 nitrogen and oxygen atoms in total. The summed E-state index contributed by atoms with van der Waals surface area (Å²) in [6.07, 6.45) is 3.06. The summed E-state index contributed by atoms with van der Waals surface area (Å²) in [4.78, 5) is 17.0. The molecule has 124 valence electrons. The van der Waals surface area contributed by atoms with Crippen molar-refractivity contribution in [2.45, 2.75) is 6.92 Å². The number of rotatable bonds is 3. The van der Waals surface area contributed by atoms with Crippen LogP contribution >= 0.6 is 11.3 Å². The van der Waals surface area contributed by atoms with Gasteiger partial charge in [0.25, 0.3) is 5.91 Å². The first kappa shape index (κ1) is 15.5. The average molecular weight is 352 g/mol. The molecule has 7 heteroatoms. The molecule has 2 aromatic heterocycles. The maximum absolute atomic E-state index is 14.0. The van der Waals surface area contributed by atoms with Crippen LogP contribution in [0.3, 0.4) is 0 Å². The Kier molecular flexibility index (Phi) is 3.77. The van der Waals surface area contributed by atoms with Gasteiger partial charge in [0.05, 0.1) is 10.6 Å².